The second-order valence-corrected chi connectivity index (χ2v) is 6.66. The lowest BCUT2D eigenvalue weighted by Gasteiger charge is -2.27. The Bertz CT molecular complexity index is 202. The van der Waals surface area contributed by atoms with Crippen LogP contribution in [-0.2, 0) is 4.74 Å². The summed E-state index contributed by atoms with van der Waals surface area (Å²) in [4.78, 5) is 0. The Morgan fingerprint density at radius 2 is 1.00 bits per heavy atom. The Labute approximate surface area is 108 Å². The van der Waals surface area contributed by atoms with E-state index in [-0.39, 0.29) is 0 Å². The van der Waals surface area contributed by atoms with E-state index in [1.807, 2.05) is 0 Å². The van der Waals surface area contributed by atoms with E-state index < -0.39 is 0 Å². The van der Waals surface area contributed by atoms with Crippen LogP contribution in [0, 0.1) is 10.8 Å². The van der Waals surface area contributed by atoms with Crippen molar-refractivity contribution in [3.8, 4) is 0 Å². The van der Waals surface area contributed by atoms with Gasteiger partial charge in [0.05, 0.1) is 12.2 Å². The molecule has 0 spiro atoms. The van der Waals surface area contributed by atoms with Gasteiger partial charge in [0.2, 0.25) is 0 Å². The molecule has 0 aromatic heterocycles. The van der Waals surface area contributed by atoms with Crippen LogP contribution in [0.2, 0.25) is 0 Å². The molecule has 1 heterocycles. The Kier molecular flexibility index (Phi) is 5.07. The number of epoxide rings is 1. The van der Waals surface area contributed by atoms with Crippen LogP contribution in [0.1, 0.15) is 80.1 Å². The maximum absolute atomic E-state index is 5.92. The lowest BCUT2D eigenvalue weighted by Crippen LogP contribution is -2.20. The molecular formula is C16H32O. The summed E-state index contributed by atoms with van der Waals surface area (Å²) >= 11 is 0. The molecule has 102 valence electrons. The molecule has 2 atom stereocenters. The molecule has 0 aromatic rings. The minimum atomic E-state index is 0.494. The third kappa shape index (κ3) is 3.98. The zero-order valence-corrected chi connectivity index (χ0v) is 12.8. The van der Waals surface area contributed by atoms with Gasteiger partial charge in [-0.2, -0.15) is 0 Å². The molecule has 0 amide bonds. The fourth-order valence-electron chi connectivity index (χ4n) is 2.59. The van der Waals surface area contributed by atoms with Crippen molar-refractivity contribution in [1.29, 1.82) is 0 Å². The molecule has 17 heavy (non-hydrogen) atoms. The predicted octanol–water partition coefficient (Wildman–Crippen LogP) is 5.19. The molecule has 2 unspecified atom stereocenters. The zero-order chi connectivity index (χ0) is 13.1. The van der Waals surface area contributed by atoms with Crippen molar-refractivity contribution in [3.05, 3.63) is 0 Å². The highest BCUT2D eigenvalue weighted by molar-refractivity contribution is 4.93. The van der Waals surface area contributed by atoms with Crippen LogP contribution >= 0.6 is 0 Å². The smallest absolute Gasteiger partial charge is 0.0847 e. The molecule has 0 aromatic carbocycles. The summed E-state index contributed by atoms with van der Waals surface area (Å²) in [6, 6.07) is 0. The second kappa shape index (κ2) is 5.73. The third-order valence-corrected chi connectivity index (χ3v) is 5.49. The van der Waals surface area contributed by atoms with Crippen LogP contribution < -0.4 is 0 Å². The monoisotopic (exact) mass is 240 g/mol. The summed E-state index contributed by atoms with van der Waals surface area (Å²) in [7, 11) is 0. The minimum absolute atomic E-state index is 0.494. The SMILES string of the molecule is CCC(C)(CC)CC1OC1CC(C)(CC)CC. The minimum Gasteiger partial charge on any atom is -0.370 e. The number of hydrogen-bond donors (Lipinski definition) is 0. The fourth-order valence-corrected chi connectivity index (χ4v) is 2.59. The summed E-state index contributed by atoms with van der Waals surface area (Å²) in [5.74, 6) is 0. The molecule has 0 aliphatic carbocycles. The number of ether oxygens (including phenoxy) is 1. The molecule has 0 radical (unpaired) electrons. The van der Waals surface area contributed by atoms with Crippen LogP contribution in [0.3, 0.4) is 0 Å². The lowest BCUT2D eigenvalue weighted by atomic mass is 9.77. The highest BCUT2D eigenvalue weighted by Crippen LogP contribution is 2.44. The lowest BCUT2D eigenvalue weighted by molar-refractivity contribution is 0.222. The molecule has 1 heteroatoms. The van der Waals surface area contributed by atoms with Crippen molar-refractivity contribution in [3.63, 3.8) is 0 Å². The summed E-state index contributed by atoms with van der Waals surface area (Å²) < 4.78 is 5.92. The van der Waals surface area contributed by atoms with Crippen LogP contribution in [0.4, 0.5) is 0 Å². The van der Waals surface area contributed by atoms with E-state index in [4.69, 9.17) is 4.74 Å². The summed E-state index contributed by atoms with van der Waals surface area (Å²) in [6.07, 6.45) is 8.71. The molecule has 1 saturated heterocycles. The van der Waals surface area contributed by atoms with Crippen molar-refractivity contribution in [2.24, 2.45) is 10.8 Å². The fraction of sp³-hybridized carbons (Fsp3) is 1.00. The van der Waals surface area contributed by atoms with Gasteiger partial charge < -0.3 is 4.74 Å². The zero-order valence-electron chi connectivity index (χ0n) is 12.8. The van der Waals surface area contributed by atoms with E-state index in [1.54, 1.807) is 0 Å². The third-order valence-electron chi connectivity index (χ3n) is 5.49. The average Bonchev–Trinajstić information content (AvgIpc) is 3.06. The molecule has 1 nitrogen and oxygen atoms in total. The summed E-state index contributed by atoms with van der Waals surface area (Å²) in [6.45, 7) is 14.0. The van der Waals surface area contributed by atoms with Gasteiger partial charge in [0.15, 0.2) is 0 Å². The van der Waals surface area contributed by atoms with Gasteiger partial charge in [0, 0.05) is 0 Å². The summed E-state index contributed by atoms with van der Waals surface area (Å²) in [5.41, 5.74) is 0.989. The first kappa shape index (κ1) is 15.0. The van der Waals surface area contributed by atoms with Gasteiger partial charge in [0.1, 0.15) is 0 Å². The largest absolute Gasteiger partial charge is 0.370 e. The standard InChI is InChI=1S/C16H32O/c1-7-15(5,8-2)11-13-14(17-13)12-16(6,9-3)10-4/h13-14H,7-12H2,1-6H3. The molecule has 1 aliphatic rings. The number of hydrogen-bond acceptors (Lipinski definition) is 1. The summed E-state index contributed by atoms with van der Waals surface area (Å²) in [5, 5.41) is 0. The van der Waals surface area contributed by atoms with Gasteiger partial charge in [-0.05, 0) is 23.7 Å². The van der Waals surface area contributed by atoms with Crippen molar-refractivity contribution in [2.45, 2.75) is 92.3 Å². The van der Waals surface area contributed by atoms with Gasteiger partial charge in [0.25, 0.3) is 0 Å². The molecule has 1 fully saturated rings. The van der Waals surface area contributed by atoms with Crippen LogP contribution in [-0.4, -0.2) is 12.2 Å². The quantitative estimate of drug-likeness (QED) is 0.532. The predicted molar refractivity (Wildman–Crippen MR) is 75.3 cm³/mol. The number of rotatable bonds is 8. The maximum Gasteiger partial charge on any atom is 0.0847 e. The Balaban J connectivity index is 2.39. The first-order valence-corrected chi connectivity index (χ1v) is 7.57. The molecule has 0 bridgehead atoms. The topological polar surface area (TPSA) is 12.5 Å². The first-order valence-electron chi connectivity index (χ1n) is 7.57. The van der Waals surface area contributed by atoms with E-state index in [0.717, 1.165) is 0 Å². The van der Waals surface area contributed by atoms with E-state index in [0.29, 0.717) is 23.0 Å². The van der Waals surface area contributed by atoms with Crippen molar-refractivity contribution in [1.82, 2.24) is 0 Å². The van der Waals surface area contributed by atoms with Gasteiger partial charge in [-0.1, -0.05) is 67.2 Å². The Morgan fingerprint density at radius 1 is 0.706 bits per heavy atom. The van der Waals surface area contributed by atoms with E-state index >= 15 is 0 Å². The maximum atomic E-state index is 5.92. The van der Waals surface area contributed by atoms with E-state index in [2.05, 4.69) is 41.5 Å². The van der Waals surface area contributed by atoms with Crippen molar-refractivity contribution >= 4 is 0 Å². The first-order chi connectivity index (χ1) is 7.92. The van der Waals surface area contributed by atoms with Crippen LogP contribution in [0.15, 0.2) is 0 Å². The molecule has 0 N–H and O–H groups in total. The van der Waals surface area contributed by atoms with E-state index in [1.165, 1.54) is 38.5 Å². The van der Waals surface area contributed by atoms with Crippen LogP contribution in [0.5, 0.6) is 0 Å². The Morgan fingerprint density at radius 3 is 1.24 bits per heavy atom. The van der Waals surface area contributed by atoms with Gasteiger partial charge in [-0.3, -0.25) is 0 Å². The highest BCUT2D eigenvalue weighted by Gasteiger charge is 2.45. The molecule has 1 aliphatic heterocycles. The van der Waals surface area contributed by atoms with E-state index in [9.17, 15) is 0 Å². The normalized spacial score (nSPS) is 25.1. The second-order valence-electron chi connectivity index (χ2n) is 6.66. The molecular weight excluding hydrogens is 208 g/mol. The molecule has 0 saturated carbocycles. The van der Waals surface area contributed by atoms with Crippen molar-refractivity contribution < 1.29 is 4.74 Å². The van der Waals surface area contributed by atoms with Crippen molar-refractivity contribution in [2.75, 3.05) is 0 Å². The van der Waals surface area contributed by atoms with Gasteiger partial charge in [-0.15, -0.1) is 0 Å². The molecule has 1 rings (SSSR count). The average molecular weight is 240 g/mol. The highest BCUT2D eigenvalue weighted by atomic mass is 16.6. The van der Waals surface area contributed by atoms with Gasteiger partial charge >= 0.3 is 0 Å². The van der Waals surface area contributed by atoms with Crippen LogP contribution in [0.25, 0.3) is 0 Å². The van der Waals surface area contributed by atoms with Gasteiger partial charge in [-0.25, -0.2) is 0 Å². The Hall–Kier alpha value is -0.0400.